The fourth-order valence-corrected chi connectivity index (χ4v) is 2.86. The van der Waals surface area contributed by atoms with Gasteiger partial charge in [0.25, 0.3) is 0 Å². The van der Waals surface area contributed by atoms with Crippen LogP contribution in [-0.4, -0.2) is 28.5 Å². The maximum absolute atomic E-state index is 14.5. The summed E-state index contributed by atoms with van der Waals surface area (Å²) in [6.45, 7) is 4.87. The van der Waals surface area contributed by atoms with Gasteiger partial charge in [-0.25, -0.2) is 4.39 Å². The molecule has 2 unspecified atom stereocenters. The van der Waals surface area contributed by atoms with E-state index >= 15 is 0 Å². The number of Topliss-reactive ketones (excluding diaryl/α,β-unsaturated/α-hetero) is 1. The molecule has 0 spiro atoms. The molecule has 0 bridgehead atoms. The molecule has 1 saturated heterocycles. The van der Waals surface area contributed by atoms with E-state index in [2.05, 4.69) is 6.58 Å². The fraction of sp³-hybridized carbons (Fsp3) is 0.400. The van der Waals surface area contributed by atoms with Crippen LogP contribution in [0.2, 0.25) is 5.02 Å². The Morgan fingerprint density at radius 2 is 2.10 bits per heavy atom. The summed E-state index contributed by atoms with van der Waals surface area (Å²) in [5, 5.41) is 19.6. The molecule has 114 valence electrons. The predicted molar refractivity (Wildman–Crippen MR) is 79.0 cm³/mol. The van der Waals surface area contributed by atoms with Gasteiger partial charge in [-0.2, -0.15) is 0 Å². The minimum Gasteiger partial charge on any atom is -0.374 e. The van der Waals surface area contributed by atoms with Gasteiger partial charge >= 0.3 is 0 Å². The van der Waals surface area contributed by atoms with Crippen molar-refractivity contribution < 1.29 is 19.4 Å². The van der Waals surface area contributed by atoms with E-state index in [1.54, 1.807) is 0 Å². The molecule has 0 aliphatic carbocycles. The van der Waals surface area contributed by atoms with E-state index in [0.29, 0.717) is 12.8 Å². The van der Waals surface area contributed by atoms with Gasteiger partial charge in [0, 0.05) is 11.1 Å². The van der Waals surface area contributed by atoms with E-state index in [4.69, 9.17) is 11.6 Å². The van der Waals surface area contributed by atoms with E-state index in [1.165, 1.54) is 24.0 Å². The summed E-state index contributed by atoms with van der Waals surface area (Å²) in [7, 11) is 0. The molecule has 2 rings (SSSR count). The summed E-state index contributed by atoms with van der Waals surface area (Å²) in [5.74, 6) is -1.03. The van der Waals surface area contributed by atoms with E-state index in [0.717, 1.165) is 0 Å². The number of nitrogens with zero attached hydrogens (tertiary/aromatic N) is 1. The second-order valence-corrected chi connectivity index (χ2v) is 5.42. The third-order valence-corrected chi connectivity index (χ3v) is 3.98. The van der Waals surface area contributed by atoms with Gasteiger partial charge in [0.15, 0.2) is 5.78 Å². The molecule has 4 nitrogen and oxygen atoms in total. The van der Waals surface area contributed by atoms with Gasteiger partial charge in [-0.3, -0.25) is 4.79 Å². The zero-order chi connectivity index (χ0) is 15.7. The van der Waals surface area contributed by atoms with Crippen molar-refractivity contribution in [3.8, 4) is 0 Å². The van der Waals surface area contributed by atoms with Crippen LogP contribution in [0.15, 0.2) is 18.7 Å². The molecule has 0 aromatic heterocycles. The van der Waals surface area contributed by atoms with Crippen molar-refractivity contribution in [1.29, 1.82) is 0 Å². The zero-order valence-electron chi connectivity index (χ0n) is 11.6. The van der Waals surface area contributed by atoms with Gasteiger partial charge in [-0.1, -0.05) is 17.7 Å². The number of anilines is 1. The highest BCUT2D eigenvalue weighted by atomic mass is 35.5. The molecule has 0 saturated carbocycles. The number of benzene rings is 1. The first-order valence-corrected chi connectivity index (χ1v) is 7.03. The van der Waals surface area contributed by atoms with Crippen molar-refractivity contribution in [2.24, 2.45) is 0 Å². The molecule has 1 aliphatic rings. The Bertz CT molecular complexity index is 581. The molecule has 2 N–H and O–H groups in total. The number of allylic oxidation sites excluding steroid dienone is 1. The first-order valence-electron chi connectivity index (χ1n) is 6.65. The Kier molecular flexibility index (Phi) is 4.66. The molecule has 21 heavy (non-hydrogen) atoms. The lowest BCUT2D eigenvalue weighted by Gasteiger charge is -2.28. The molecule has 1 aliphatic heterocycles. The highest BCUT2D eigenvalue weighted by Crippen LogP contribution is 2.38. The number of halogens is 2. The van der Waals surface area contributed by atoms with Crippen molar-refractivity contribution in [2.75, 3.05) is 4.90 Å². The average molecular weight is 314 g/mol. The molecule has 0 amide bonds. The summed E-state index contributed by atoms with van der Waals surface area (Å²) in [6, 6.07) is 1.42. The Morgan fingerprint density at radius 1 is 1.52 bits per heavy atom. The molecular weight excluding hydrogens is 297 g/mol. The molecule has 1 heterocycles. The highest BCUT2D eigenvalue weighted by Gasteiger charge is 2.34. The second-order valence-electron chi connectivity index (χ2n) is 5.04. The van der Waals surface area contributed by atoms with Crippen molar-refractivity contribution in [3.05, 3.63) is 40.7 Å². The standard InChI is InChI=1S/C15H17ClFNO3/c1-3-4-9-10(8(2)19)7-11(14(16)15(9)17)18-12(20)5-6-13(18)21/h3,7,12-13,20-21H,1,4-6H2,2H3. The molecule has 1 aromatic rings. The third-order valence-electron chi connectivity index (χ3n) is 3.62. The zero-order valence-corrected chi connectivity index (χ0v) is 12.4. The SMILES string of the molecule is C=CCc1c(C(C)=O)cc(N2C(O)CCC2O)c(Cl)c1F. The van der Waals surface area contributed by atoms with Crippen LogP contribution in [0.3, 0.4) is 0 Å². The molecule has 6 heteroatoms. The monoisotopic (exact) mass is 313 g/mol. The number of ketones is 1. The summed E-state index contributed by atoms with van der Waals surface area (Å²) >= 11 is 6.04. The lowest BCUT2D eigenvalue weighted by Crippen LogP contribution is -2.36. The number of aliphatic hydroxyl groups is 2. The maximum atomic E-state index is 14.5. The normalized spacial score (nSPS) is 21.7. The van der Waals surface area contributed by atoms with Gasteiger partial charge in [-0.05, 0) is 32.3 Å². The minimum absolute atomic E-state index is 0.129. The van der Waals surface area contributed by atoms with Crippen LogP contribution in [0.4, 0.5) is 10.1 Å². The van der Waals surface area contributed by atoms with Crippen molar-refractivity contribution in [1.82, 2.24) is 0 Å². The summed E-state index contributed by atoms with van der Waals surface area (Å²) in [5.41, 5.74) is 0.484. The topological polar surface area (TPSA) is 60.8 Å². The van der Waals surface area contributed by atoms with E-state index in [-0.39, 0.29) is 34.0 Å². The third kappa shape index (κ3) is 2.81. The first-order chi connectivity index (χ1) is 9.88. The molecule has 0 radical (unpaired) electrons. The number of carbonyl (C=O) groups is 1. The number of rotatable bonds is 4. The number of carbonyl (C=O) groups excluding carboxylic acids is 1. The lowest BCUT2D eigenvalue weighted by molar-refractivity contribution is 0.101. The summed E-state index contributed by atoms with van der Waals surface area (Å²) in [4.78, 5) is 13.0. The predicted octanol–water partition coefficient (Wildman–Crippen LogP) is 2.65. The Morgan fingerprint density at radius 3 is 2.57 bits per heavy atom. The summed E-state index contributed by atoms with van der Waals surface area (Å²) in [6.07, 6.45) is 0.446. The Labute approximate surface area is 127 Å². The van der Waals surface area contributed by atoms with Crippen molar-refractivity contribution in [2.45, 2.75) is 38.6 Å². The van der Waals surface area contributed by atoms with Crippen LogP contribution in [0.25, 0.3) is 0 Å². The number of hydrogen-bond acceptors (Lipinski definition) is 4. The van der Waals surface area contributed by atoms with Crippen LogP contribution in [0.1, 0.15) is 35.7 Å². The van der Waals surface area contributed by atoms with Crippen molar-refractivity contribution >= 4 is 23.1 Å². The van der Waals surface area contributed by atoms with Crippen LogP contribution < -0.4 is 4.90 Å². The number of hydrogen-bond donors (Lipinski definition) is 2. The van der Waals surface area contributed by atoms with Gasteiger partial charge < -0.3 is 15.1 Å². The van der Waals surface area contributed by atoms with Gasteiger partial charge in [0.1, 0.15) is 23.3 Å². The largest absolute Gasteiger partial charge is 0.374 e. The Hall–Kier alpha value is -1.43. The van der Waals surface area contributed by atoms with E-state index < -0.39 is 18.3 Å². The molecular formula is C15H17ClFNO3. The van der Waals surface area contributed by atoms with Crippen LogP contribution >= 0.6 is 11.6 Å². The van der Waals surface area contributed by atoms with Crippen LogP contribution in [0.5, 0.6) is 0 Å². The quantitative estimate of drug-likeness (QED) is 0.662. The van der Waals surface area contributed by atoms with Gasteiger partial charge in [-0.15, -0.1) is 6.58 Å². The van der Waals surface area contributed by atoms with Crippen molar-refractivity contribution in [3.63, 3.8) is 0 Å². The maximum Gasteiger partial charge on any atom is 0.160 e. The minimum atomic E-state index is -0.957. The molecule has 1 fully saturated rings. The summed E-state index contributed by atoms with van der Waals surface area (Å²) < 4.78 is 14.5. The highest BCUT2D eigenvalue weighted by molar-refractivity contribution is 6.33. The van der Waals surface area contributed by atoms with E-state index in [1.807, 2.05) is 0 Å². The van der Waals surface area contributed by atoms with Crippen LogP contribution in [-0.2, 0) is 6.42 Å². The fourth-order valence-electron chi connectivity index (χ4n) is 2.59. The van der Waals surface area contributed by atoms with Crippen LogP contribution in [0, 0.1) is 5.82 Å². The smallest absolute Gasteiger partial charge is 0.160 e. The Balaban J connectivity index is 2.63. The molecule has 2 atom stereocenters. The number of aliphatic hydroxyl groups excluding tert-OH is 2. The van der Waals surface area contributed by atoms with Gasteiger partial charge in [0.2, 0.25) is 0 Å². The van der Waals surface area contributed by atoms with E-state index in [9.17, 15) is 19.4 Å². The first kappa shape index (κ1) is 15.9. The van der Waals surface area contributed by atoms with Gasteiger partial charge in [0.05, 0.1) is 5.69 Å². The second kappa shape index (κ2) is 6.13. The average Bonchev–Trinajstić information content (AvgIpc) is 2.75. The lowest BCUT2D eigenvalue weighted by atomic mass is 9.99. The molecule has 1 aromatic carbocycles.